The summed E-state index contributed by atoms with van der Waals surface area (Å²) in [7, 11) is -4.08. The minimum Gasteiger partial charge on any atom is -0.366 e. The van der Waals surface area contributed by atoms with Crippen LogP contribution in [-0.2, 0) is 4.57 Å². The molecule has 0 bridgehead atoms. The van der Waals surface area contributed by atoms with Crippen LogP contribution >= 0.6 is 7.60 Å². The number of hydrogen-bond donors (Lipinski definition) is 2. The molecule has 0 aliphatic carbocycles. The van der Waals surface area contributed by atoms with Crippen molar-refractivity contribution in [3.05, 3.63) is 11.5 Å². The average Bonchev–Trinajstić information content (AvgIpc) is 1.97. The van der Waals surface area contributed by atoms with Crippen molar-refractivity contribution in [1.82, 2.24) is 4.90 Å². The Morgan fingerprint density at radius 3 is 1.92 bits per heavy atom. The maximum Gasteiger partial charge on any atom is 0.371 e. The van der Waals surface area contributed by atoms with Gasteiger partial charge in [0.2, 0.25) is 0 Å². The molecule has 5 heteroatoms. The van der Waals surface area contributed by atoms with E-state index in [4.69, 9.17) is 9.79 Å². The summed E-state index contributed by atoms with van der Waals surface area (Å²) in [5, 5.41) is 0. The highest BCUT2D eigenvalue weighted by molar-refractivity contribution is 7.56. The Morgan fingerprint density at radius 2 is 1.83 bits per heavy atom. The van der Waals surface area contributed by atoms with Crippen molar-refractivity contribution >= 4 is 7.60 Å². The minimum atomic E-state index is -4.08. The second-order valence-electron chi connectivity index (χ2n) is 2.36. The second kappa shape index (κ2) is 4.65. The SMILES string of the molecule is CC=C(N(CC)CC)P(=O)(O)O. The van der Waals surface area contributed by atoms with E-state index in [2.05, 4.69) is 0 Å². The van der Waals surface area contributed by atoms with E-state index in [1.807, 2.05) is 13.8 Å². The third kappa shape index (κ3) is 2.97. The number of hydrogen-bond acceptors (Lipinski definition) is 2. The van der Waals surface area contributed by atoms with Crippen molar-refractivity contribution in [3.63, 3.8) is 0 Å². The van der Waals surface area contributed by atoms with E-state index in [1.54, 1.807) is 11.8 Å². The Labute approximate surface area is 73.1 Å². The monoisotopic (exact) mass is 193 g/mol. The van der Waals surface area contributed by atoms with Crippen molar-refractivity contribution < 1.29 is 14.4 Å². The maximum atomic E-state index is 10.9. The first kappa shape index (κ1) is 11.7. The lowest BCUT2D eigenvalue weighted by molar-refractivity contribution is 0.336. The van der Waals surface area contributed by atoms with Crippen LogP contribution in [0.25, 0.3) is 0 Å². The van der Waals surface area contributed by atoms with Crippen molar-refractivity contribution in [3.8, 4) is 0 Å². The largest absolute Gasteiger partial charge is 0.371 e. The molecule has 0 aliphatic rings. The predicted molar refractivity (Wildman–Crippen MR) is 48.7 cm³/mol. The van der Waals surface area contributed by atoms with E-state index >= 15 is 0 Å². The summed E-state index contributed by atoms with van der Waals surface area (Å²) in [4.78, 5) is 19.5. The molecule has 2 N–H and O–H groups in total. The highest BCUT2D eigenvalue weighted by Gasteiger charge is 2.23. The lowest BCUT2D eigenvalue weighted by Crippen LogP contribution is -2.22. The highest BCUT2D eigenvalue weighted by atomic mass is 31.2. The summed E-state index contributed by atoms with van der Waals surface area (Å²) in [6.45, 7) is 6.58. The van der Waals surface area contributed by atoms with Gasteiger partial charge in [-0.05, 0) is 20.8 Å². The molecule has 0 heterocycles. The molecule has 0 radical (unpaired) electrons. The van der Waals surface area contributed by atoms with Crippen molar-refractivity contribution in [1.29, 1.82) is 0 Å². The van der Waals surface area contributed by atoms with Gasteiger partial charge in [0.05, 0.1) is 0 Å². The summed E-state index contributed by atoms with van der Waals surface area (Å²) in [5.74, 6) is 0. The molecule has 12 heavy (non-hydrogen) atoms. The molecule has 0 saturated carbocycles. The topological polar surface area (TPSA) is 60.8 Å². The van der Waals surface area contributed by atoms with Gasteiger partial charge in [0, 0.05) is 13.1 Å². The van der Waals surface area contributed by atoms with Crippen LogP contribution in [0.3, 0.4) is 0 Å². The molecule has 0 fully saturated rings. The fraction of sp³-hybridized carbons (Fsp3) is 0.714. The number of allylic oxidation sites excluding steroid dienone is 1. The normalized spacial score (nSPS) is 13.2. The summed E-state index contributed by atoms with van der Waals surface area (Å²) < 4.78 is 10.9. The smallest absolute Gasteiger partial charge is 0.366 e. The Bertz CT molecular complexity index is 205. The molecule has 0 amide bonds. The molecule has 0 saturated heterocycles. The van der Waals surface area contributed by atoms with Crippen LogP contribution in [0, 0.1) is 0 Å². The summed E-state index contributed by atoms with van der Waals surface area (Å²) in [5.41, 5.74) is 0.118. The molecule has 0 aromatic heterocycles. The first-order chi connectivity index (χ1) is 5.47. The zero-order valence-corrected chi connectivity index (χ0v) is 8.58. The minimum absolute atomic E-state index is 0.118. The highest BCUT2D eigenvalue weighted by Crippen LogP contribution is 2.46. The third-order valence-electron chi connectivity index (χ3n) is 1.64. The van der Waals surface area contributed by atoms with Gasteiger partial charge in [-0.25, -0.2) is 0 Å². The van der Waals surface area contributed by atoms with E-state index in [-0.39, 0.29) is 5.44 Å². The van der Waals surface area contributed by atoms with Gasteiger partial charge < -0.3 is 14.7 Å². The Kier molecular flexibility index (Phi) is 4.53. The molecule has 0 spiro atoms. The van der Waals surface area contributed by atoms with Gasteiger partial charge in [0.1, 0.15) is 5.44 Å². The van der Waals surface area contributed by atoms with Crippen LogP contribution in [0.5, 0.6) is 0 Å². The van der Waals surface area contributed by atoms with Crippen molar-refractivity contribution in [2.45, 2.75) is 20.8 Å². The van der Waals surface area contributed by atoms with Gasteiger partial charge in [-0.1, -0.05) is 6.08 Å². The van der Waals surface area contributed by atoms with Gasteiger partial charge in [-0.2, -0.15) is 0 Å². The first-order valence-corrected chi connectivity index (χ1v) is 5.55. The maximum absolute atomic E-state index is 10.9. The fourth-order valence-corrected chi connectivity index (χ4v) is 2.07. The quantitative estimate of drug-likeness (QED) is 0.662. The molecule has 72 valence electrons. The molecule has 0 aromatic rings. The van der Waals surface area contributed by atoms with Gasteiger partial charge >= 0.3 is 7.60 Å². The number of rotatable bonds is 4. The third-order valence-corrected chi connectivity index (χ3v) is 2.78. The molecule has 0 unspecified atom stereocenters. The van der Waals surface area contributed by atoms with Crippen LogP contribution in [0.4, 0.5) is 0 Å². The molecule has 4 nitrogen and oxygen atoms in total. The lowest BCUT2D eigenvalue weighted by Gasteiger charge is -2.24. The predicted octanol–water partition coefficient (Wildman–Crippen LogP) is 1.37. The Hall–Kier alpha value is -0.310. The van der Waals surface area contributed by atoms with Crippen LogP contribution in [-0.4, -0.2) is 27.8 Å². The number of nitrogens with zero attached hydrogens (tertiary/aromatic N) is 1. The van der Waals surface area contributed by atoms with Gasteiger partial charge in [0.25, 0.3) is 0 Å². The van der Waals surface area contributed by atoms with Crippen molar-refractivity contribution in [2.75, 3.05) is 13.1 Å². The zero-order valence-electron chi connectivity index (χ0n) is 7.69. The lowest BCUT2D eigenvalue weighted by atomic mass is 10.5. The van der Waals surface area contributed by atoms with E-state index in [9.17, 15) is 4.57 Å². The van der Waals surface area contributed by atoms with Crippen LogP contribution in [0.2, 0.25) is 0 Å². The van der Waals surface area contributed by atoms with Gasteiger partial charge in [-0.15, -0.1) is 0 Å². The second-order valence-corrected chi connectivity index (χ2v) is 3.91. The van der Waals surface area contributed by atoms with Crippen LogP contribution < -0.4 is 0 Å². The molecule has 0 rings (SSSR count). The van der Waals surface area contributed by atoms with E-state index < -0.39 is 7.60 Å². The zero-order chi connectivity index (χ0) is 9.78. The molecule has 0 atom stereocenters. The van der Waals surface area contributed by atoms with Crippen LogP contribution in [0.15, 0.2) is 11.5 Å². The van der Waals surface area contributed by atoms with Gasteiger partial charge in [0.15, 0.2) is 0 Å². The van der Waals surface area contributed by atoms with Crippen molar-refractivity contribution in [2.24, 2.45) is 0 Å². The molecule has 0 aromatic carbocycles. The van der Waals surface area contributed by atoms with Crippen LogP contribution in [0.1, 0.15) is 20.8 Å². The standard InChI is InChI=1S/C7H16NO3P/c1-4-7(12(9,10)11)8(5-2)6-3/h4H,5-6H2,1-3H3,(H2,9,10,11). The molecular formula is C7H16NO3P. The van der Waals surface area contributed by atoms with E-state index in [0.29, 0.717) is 13.1 Å². The Balaban J connectivity index is 4.68. The Morgan fingerprint density at radius 1 is 1.42 bits per heavy atom. The summed E-state index contributed by atoms with van der Waals surface area (Å²) in [6.07, 6.45) is 1.47. The summed E-state index contributed by atoms with van der Waals surface area (Å²) in [6, 6.07) is 0. The first-order valence-electron chi connectivity index (χ1n) is 3.94. The summed E-state index contributed by atoms with van der Waals surface area (Å²) >= 11 is 0. The molecule has 0 aliphatic heterocycles. The van der Waals surface area contributed by atoms with E-state index in [0.717, 1.165) is 0 Å². The van der Waals surface area contributed by atoms with Gasteiger partial charge in [-0.3, -0.25) is 4.57 Å². The average molecular weight is 193 g/mol. The molecular weight excluding hydrogens is 177 g/mol. The fourth-order valence-electron chi connectivity index (χ4n) is 1.08. The van der Waals surface area contributed by atoms with E-state index in [1.165, 1.54) is 6.08 Å².